The molecule has 0 bridgehead atoms. The van der Waals surface area contributed by atoms with E-state index in [1.54, 1.807) is 24.3 Å². The van der Waals surface area contributed by atoms with Gasteiger partial charge in [-0.2, -0.15) is 0 Å². The summed E-state index contributed by atoms with van der Waals surface area (Å²) in [7, 11) is -3.27. The Hall–Kier alpha value is -2.43. The Morgan fingerprint density at radius 3 is 1.94 bits per heavy atom. The van der Waals surface area contributed by atoms with Gasteiger partial charge < -0.3 is 20.2 Å². The van der Waals surface area contributed by atoms with Crippen LogP contribution in [0, 0.1) is 0 Å². The number of rotatable bonds is 16. The van der Waals surface area contributed by atoms with Gasteiger partial charge in [-0.25, -0.2) is 18.0 Å². The molecule has 9 nitrogen and oxygen atoms in total. The van der Waals surface area contributed by atoms with Gasteiger partial charge in [-0.15, -0.1) is 0 Å². The number of hydrogen-bond donors (Lipinski definition) is 4. The predicted octanol–water partition coefficient (Wildman–Crippen LogP) is 3.88. The number of nitrogens with zero attached hydrogens (tertiary/aromatic N) is 1. The molecule has 10 heteroatoms. The second-order valence-electron chi connectivity index (χ2n) is 8.01. The van der Waals surface area contributed by atoms with Crippen molar-refractivity contribution in [2.24, 2.45) is 0 Å². The van der Waals surface area contributed by atoms with Crippen LogP contribution in [0.2, 0.25) is 0 Å². The van der Waals surface area contributed by atoms with Crippen LogP contribution < -0.4 is 4.72 Å². The molecule has 1 aromatic carbocycles. The molecule has 0 aromatic heterocycles. The minimum atomic E-state index is -3.27. The van der Waals surface area contributed by atoms with Crippen LogP contribution in [0.4, 0.5) is 5.69 Å². The van der Waals surface area contributed by atoms with Crippen LogP contribution in [0.1, 0.15) is 70.5 Å². The Morgan fingerprint density at radius 2 is 1.47 bits per heavy atom. The Labute approximate surface area is 203 Å². The molecule has 0 spiro atoms. The molecule has 0 aliphatic rings. The van der Waals surface area contributed by atoms with E-state index in [4.69, 9.17) is 10.2 Å². The van der Waals surface area contributed by atoms with Crippen molar-refractivity contribution in [1.29, 1.82) is 0 Å². The lowest BCUT2D eigenvalue weighted by molar-refractivity contribution is -0.134. The van der Waals surface area contributed by atoms with Crippen LogP contribution in [-0.4, -0.2) is 66.5 Å². The minimum absolute atomic E-state index is 0.509. The van der Waals surface area contributed by atoms with Gasteiger partial charge in [-0.05, 0) is 56.6 Å². The standard InChI is InChI=1S/C20H36N2O3S.C4H4O4/c1-4-6-7-8-9-16-22(5-2)17-10-11-20(23)18-12-14-19(15-13-18)21-26(3,24)25;5-3(6)1-2-4(7)8/h12-15,20-21,23H,4-11,16-17H2,1-3H3;1-2H,(H,5,6)(H,7,8)/b;2-1-. The van der Waals surface area contributed by atoms with E-state index in [1.165, 1.54) is 32.1 Å². The number of carbonyl (C=O) groups is 2. The number of sulfonamides is 1. The van der Waals surface area contributed by atoms with E-state index in [2.05, 4.69) is 23.5 Å². The van der Waals surface area contributed by atoms with Crippen LogP contribution in [-0.2, 0) is 19.6 Å². The van der Waals surface area contributed by atoms with E-state index in [-0.39, 0.29) is 0 Å². The Bertz CT molecular complexity index is 823. The van der Waals surface area contributed by atoms with Crippen molar-refractivity contribution in [3.05, 3.63) is 42.0 Å². The fraction of sp³-hybridized carbons (Fsp3) is 0.583. The molecule has 34 heavy (non-hydrogen) atoms. The van der Waals surface area contributed by atoms with E-state index in [0.29, 0.717) is 24.3 Å². The maximum Gasteiger partial charge on any atom is 0.328 e. The van der Waals surface area contributed by atoms with Gasteiger partial charge in [0.1, 0.15) is 0 Å². The van der Waals surface area contributed by atoms with Crippen LogP contribution >= 0.6 is 0 Å². The van der Waals surface area contributed by atoms with Gasteiger partial charge in [0.25, 0.3) is 0 Å². The first-order valence-corrected chi connectivity index (χ1v) is 13.5. The molecular formula is C24H40N2O7S. The molecule has 4 N–H and O–H groups in total. The number of aliphatic hydroxyl groups is 1. The second kappa shape index (κ2) is 18.0. The van der Waals surface area contributed by atoms with Crippen LogP contribution in [0.3, 0.4) is 0 Å². The van der Waals surface area contributed by atoms with E-state index in [9.17, 15) is 23.1 Å². The maximum atomic E-state index is 11.2. The fourth-order valence-corrected chi connectivity index (χ4v) is 3.74. The van der Waals surface area contributed by atoms with Crippen molar-refractivity contribution in [2.75, 3.05) is 30.6 Å². The summed E-state index contributed by atoms with van der Waals surface area (Å²) in [6, 6.07) is 6.94. The largest absolute Gasteiger partial charge is 0.478 e. The van der Waals surface area contributed by atoms with E-state index < -0.39 is 28.1 Å². The molecule has 194 valence electrons. The Balaban J connectivity index is 0.00000116. The van der Waals surface area contributed by atoms with E-state index in [0.717, 1.165) is 37.9 Å². The Kier molecular flexibility index (Phi) is 16.7. The van der Waals surface area contributed by atoms with Crippen molar-refractivity contribution in [3.8, 4) is 0 Å². The normalized spacial score (nSPS) is 12.3. The number of nitrogens with one attached hydrogen (secondary N) is 1. The molecule has 0 fully saturated rings. The third-order valence-corrected chi connectivity index (χ3v) is 5.55. The third-order valence-electron chi connectivity index (χ3n) is 4.94. The van der Waals surface area contributed by atoms with Crippen LogP contribution in [0.5, 0.6) is 0 Å². The van der Waals surface area contributed by atoms with Gasteiger partial charge in [0.15, 0.2) is 0 Å². The molecule has 0 aliphatic carbocycles. The average Bonchev–Trinajstić information content (AvgIpc) is 2.76. The van der Waals surface area contributed by atoms with E-state index in [1.807, 2.05) is 0 Å². The summed E-state index contributed by atoms with van der Waals surface area (Å²) < 4.78 is 24.9. The molecule has 0 radical (unpaired) electrons. The van der Waals surface area contributed by atoms with Crippen molar-refractivity contribution in [1.82, 2.24) is 4.90 Å². The molecule has 1 aromatic rings. The van der Waals surface area contributed by atoms with Gasteiger partial charge in [-0.1, -0.05) is 51.7 Å². The highest BCUT2D eigenvalue weighted by Gasteiger charge is 2.10. The number of hydrogen-bond acceptors (Lipinski definition) is 6. The molecule has 0 saturated carbocycles. The molecule has 0 saturated heterocycles. The molecule has 1 rings (SSSR count). The molecule has 1 atom stereocenters. The predicted molar refractivity (Wildman–Crippen MR) is 134 cm³/mol. The smallest absolute Gasteiger partial charge is 0.328 e. The van der Waals surface area contributed by atoms with Crippen molar-refractivity contribution in [3.63, 3.8) is 0 Å². The Morgan fingerprint density at radius 1 is 0.941 bits per heavy atom. The van der Waals surface area contributed by atoms with Gasteiger partial charge in [0, 0.05) is 17.8 Å². The monoisotopic (exact) mass is 500 g/mol. The lowest BCUT2D eigenvalue weighted by Crippen LogP contribution is -2.26. The first-order chi connectivity index (χ1) is 16.0. The SMILES string of the molecule is CCCCCCCN(CC)CCCC(O)c1ccc(NS(C)(=O)=O)cc1.O=C(O)/C=C\C(=O)O. The summed E-state index contributed by atoms with van der Waals surface area (Å²) in [4.78, 5) is 21.6. The minimum Gasteiger partial charge on any atom is -0.478 e. The van der Waals surface area contributed by atoms with Crippen molar-refractivity contribution >= 4 is 27.6 Å². The highest BCUT2D eigenvalue weighted by molar-refractivity contribution is 7.92. The number of carboxylic acid groups (broad SMARTS) is 2. The summed E-state index contributed by atoms with van der Waals surface area (Å²) in [6.07, 6.45) is 9.90. The first kappa shape index (κ1) is 31.6. The lowest BCUT2D eigenvalue weighted by Gasteiger charge is -2.21. The zero-order valence-electron chi connectivity index (χ0n) is 20.4. The van der Waals surface area contributed by atoms with E-state index >= 15 is 0 Å². The van der Waals surface area contributed by atoms with Gasteiger partial charge in [0.2, 0.25) is 10.0 Å². The summed E-state index contributed by atoms with van der Waals surface area (Å²) in [5.74, 6) is -2.51. The van der Waals surface area contributed by atoms with Gasteiger partial charge in [-0.3, -0.25) is 4.72 Å². The number of aliphatic hydroxyl groups excluding tert-OH is 1. The highest BCUT2D eigenvalue weighted by atomic mass is 32.2. The summed E-state index contributed by atoms with van der Waals surface area (Å²) in [5.41, 5.74) is 1.34. The number of unbranched alkanes of at least 4 members (excludes halogenated alkanes) is 4. The maximum absolute atomic E-state index is 11.2. The zero-order valence-corrected chi connectivity index (χ0v) is 21.3. The zero-order chi connectivity index (χ0) is 26.0. The molecule has 0 heterocycles. The van der Waals surface area contributed by atoms with Crippen molar-refractivity contribution < 1.29 is 33.3 Å². The molecule has 0 amide bonds. The molecule has 0 aliphatic heterocycles. The number of aliphatic carboxylic acids is 2. The number of benzene rings is 1. The lowest BCUT2D eigenvalue weighted by atomic mass is 10.0. The number of anilines is 1. The average molecular weight is 501 g/mol. The second-order valence-corrected chi connectivity index (χ2v) is 9.76. The van der Waals surface area contributed by atoms with Gasteiger partial charge >= 0.3 is 11.9 Å². The first-order valence-electron chi connectivity index (χ1n) is 11.6. The summed E-state index contributed by atoms with van der Waals surface area (Å²) in [6.45, 7) is 7.63. The number of carboxylic acids is 2. The topological polar surface area (TPSA) is 144 Å². The third kappa shape index (κ3) is 18.0. The van der Waals surface area contributed by atoms with Gasteiger partial charge in [0.05, 0.1) is 12.4 Å². The highest BCUT2D eigenvalue weighted by Crippen LogP contribution is 2.21. The molecular weight excluding hydrogens is 460 g/mol. The summed E-state index contributed by atoms with van der Waals surface area (Å²) >= 11 is 0. The van der Waals surface area contributed by atoms with Crippen LogP contribution in [0.25, 0.3) is 0 Å². The molecule has 1 unspecified atom stereocenters. The fourth-order valence-electron chi connectivity index (χ4n) is 3.17. The quantitative estimate of drug-likeness (QED) is 0.198. The van der Waals surface area contributed by atoms with Crippen LogP contribution in [0.15, 0.2) is 36.4 Å². The summed E-state index contributed by atoms with van der Waals surface area (Å²) in [5, 5.41) is 26.0. The van der Waals surface area contributed by atoms with Crippen molar-refractivity contribution in [2.45, 2.75) is 64.9 Å².